The molecule has 0 amide bonds. The quantitative estimate of drug-likeness (QED) is 0.451. The van der Waals surface area contributed by atoms with Gasteiger partial charge in [0.15, 0.2) is 0 Å². The molecule has 0 unspecified atom stereocenters. The van der Waals surface area contributed by atoms with Gasteiger partial charge in [-0.25, -0.2) is 4.68 Å². The van der Waals surface area contributed by atoms with Crippen molar-refractivity contribution in [3.8, 4) is 28.3 Å². The third kappa shape index (κ3) is 3.75. The van der Waals surface area contributed by atoms with Gasteiger partial charge in [0, 0.05) is 54.4 Å². The van der Waals surface area contributed by atoms with E-state index in [9.17, 15) is 0 Å². The van der Waals surface area contributed by atoms with E-state index in [1.807, 2.05) is 66.3 Å². The SMILES string of the molecule is Cc1nn(-c2cccc(Oc3cccc(C4=NCCN4C)c3)c2)c(C)c1-c1cccnc1. The van der Waals surface area contributed by atoms with Crippen molar-refractivity contribution in [3.05, 3.63) is 90.0 Å². The Kier molecular flexibility index (Phi) is 5.19. The number of rotatable bonds is 5. The lowest BCUT2D eigenvalue weighted by atomic mass is 10.1. The Morgan fingerprint density at radius 1 is 0.906 bits per heavy atom. The van der Waals surface area contributed by atoms with Crippen molar-refractivity contribution < 1.29 is 4.74 Å². The maximum Gasteiger partial charge on any atom is 0.130 e. The summed E-state index contributed by atoms with van der Waals surface area (Å²) >= 11 is 0. The van der Waals surface area contributed by atoms with Crippen LogP contribution in [0, 0.1) is 13.8 Å². The molecule has 0 fully saturated rings. The van der Waals surface area contributed by atoms with Crippen LogP contribution >= 0.6 is 0 Å². The first-order chi connectivity index (χ1) is 15.6. The number of hydrogen-bond acceptors (Lipinski definition) is 5. The van der Waals surface area contributed by atoms with Crippen molar-refractivity contribution in [1.29, 1.82) is 0 Å². The molecule has 0 N–H and O–H groups in total. The number of amidine groups is 1. The standard InChI is InChI=1S/C26H25N5O/c1-18-25(21-8-6-12-27-17-21)19(2)31(29-18)22-9-5-11-24(16-22)32-23-10-4-7-20(15-23)26-28-13-14-30(26)3/h4-12,15-17H,13-14H2,1-3H3. The Labute approximate surface area is 187 Å². The largest absolute Gasteiger partial charge is 0.457 e. The number of aromatic nitrogens is 3. The van der Waals surface area contributed by atoms with Gasteiger partial charge in [0.1, 0.15) is 17.3 Å². The summed E-state index contributed by atoms with van der Waals surface area (Å²) in [5, 5.41) is 4.79. The van der Waals surface area contributed by atoms with E-state index in [-0.39, 0.29) is 0 Å². The zero-order valence-corrected chi connectivity index (χ0v) is 18.5. The fourth-order valence-corrected chi connectivity index (χ4v) is 4.18. The lowest BCUT2D eigenvalue weighted by Gasteiger charge is -2.15. The fourth-order valence-electron chi connectivity index (χ4n) is 4.18. The minimum atomic E-state index is 0.761. The van der Waals surface area contributed by atoms with Gasteiger partial charge < -0.3 is 9.64 Å². The maximum absolute atomic E-state index is 6.21. The number of benzene rings is 2. The van der Waals surface area contributed by atoms with Crippen molar-refractivity contribution in [3.63, 3.8) is 0 Å². The van der Waals surface area contributed by atoms with E-state index in [2.05, 4.69) is 41.0 Å². The van der Waals surface area contributed by atoms with Crippen LogP contribution in [0.2, 0.25) is 0 Å². The second kappa shape index (κ2) is 8.30. The molecule has 0 saturated heterocycles. The van der Waals surface area contributed by atoms with Gasteiger partial charge in [0.25, 0.3) is 0 Å². The predicted octanol–water partition coefficient (Wildman–Crippen LogP) is 5.04. The van der Waals surface area contributed by atoms with Crippen molar-refractivity contribution in [2.75, 3.05) is 20.1 Å². The molecule has 0 saturated carbocycles. The smallest absolute Gasteiger partial charge is 0.130 e. The number of hydrogen-bond donors (Lipinski definition) is 0. The highest BCUT2D eigenvalue weighted by atomic mass is 16.5. The van der Waals surface area contributed by atoms with E-state index in [0.29, 0.717) is 0 Å². The van der Waals surface area contributed by atoms with E-state index in [1.54, 1.807) is 6.20 Å². The Bertz CT molecular complexity index is 1290. The van der Waals surface area contributed by atoms with Gasteiger partial charge in [-0.3, -0.25) is 9.98 Å². The molecular weight excluding hydrogens is 398 g/mol. The first-order valence-corrected chi connectivity index (χ1v) is 10.7. The van der Waals surface area contributed by atoms with E-state index in [1.165, 1.54) is 0 Å². The second-order valence-corrected chi connectivity index (χ2v) is 7.95. The minimum Gasteiger partial charge on any atom is -0.457 e. The molecule has 2 aromatic heterocycles. The summed E-state index contributed by atoms with van der Waals surface area (Å²) in [5.74, 6) is 2.55. The molecule has 6 heteroatoms. The molecule has 2 aromatic carbocycles. The van der Waals surface area contributed by atoms with Crippen molar-refractivity contribution >= 4 is 5.84 Å². The molecule has 5 rings (SSSR count). The average molecular weight is 424 g/mol. The highest BCUT2D eigenvalue weighted by Gasteiger charge is 2.16. The third-order valence-electron chi connectivity index (χ3n) is 5.69. The van der Waals surface area contributed by atoms with Crippen LogP contribution in [0.15, 0.2) is 78.0 Å². The number of nitrogens with zero attached hydrogens (tertiary/aromatic N) is 5. The number of ether oxygens (including phenoxy) is 1. The molecule has 0 aliphatic carbocycles. The van der Waals surface area contributed by atoms with Gasteiger partial charge in [-0.1, -0.05) is 24.3 Å². The Morgan fingerprint density at radius 3 is 2.44 bits per heavy atom. The molecule has 160 valence electrons. The number of likely N-dealkylation sites (N-methyl/N-ethyl adjacent to an activating group) is 1. The molecule has 1 aliphatic heterocycles. The van der Waals surface area contributed by atoms with Crippen LogP contribution in [-0.2, 0) is 0 Å². The van der Waals surface area contributed by atoms with Gasteiger partial charge in [-0.2, -0.15) is 5.10 Å². The molecule has 6 nitrogen and oxygen atoms in total. The molecular formula is C26H25N5O. The van der Waals surface area contributed by atoms with Gasteiger partial charge in [-0.05, 0) is 44.2 Å². The molecule has 4 aromatic rings. The molecule has 0 radical (unpaired) electrons. The Morgan fingerprint density at radius 2 is 1.69 bits per heavy atom. The zero-order valence-electron chi connectivity index (χ0n) is 18.5. The van der Waals surface area contributed by atoms with Crippen LogP contribution in [0.5, 0.6) is 11.5 Å². The lowest BCUT2D eigenvalue weighted by Crippen LogP contribution is -2.23. The van der Waals surface area contributed by atoms with Crippen molar-refractivity contribution in [2.45, 2.75) is 13.8 Å². The maximum atomic E-state index is 6.21. The van der Waals surface area contributed by atoms with E-state index >= 15 is 0 Å². The lowest BCUT2D eigenvalue weighted by molar-refractivity contribution is 0.481. The fraction of sp³-hybridized carbons (Fsp3) is 0.192. The summed E-state index contributed by atoms with van der Waals surface area (Å²) in [6.07, 6.45) is 3.66. The summed E-state index contributed by atoms with van der Waals surface area (Å²) < 4.78 is 8.17. The topological polar surface area (TPSA) is 55.5 Å². The Hall–Kier alpha value is -3.93. The predicted molar refractivity (Wildman–Crippen MR) is 127 cm³/mol. The average Bonchev–Trinajstić information content (AvgIpc) is 3.37. The van der Waals surface area contributed by atoms with Crippen LogP contribution in [0.25, 0.3) is 16.8 Å². The third-order valence-corrected chi connectivity index (χ3v) is 5.69. The van der Waals surface area contributed by atoms with E-state index in [4.69, 9.17) is 9.84 Å². The Balaban J connectivity index is 1.44. The first-order valence-electron chi connectivity index (χ1n) is 10.7. The summed E-state index contributed by atoms with van der Waals surface area (Å²) in [7, 11) is 2.07. The minimum absolute atomic E-state index is 0.761. The summed E-state index contributed by atoms with van der Waals surface area (Å²) in [5.41, 5.74) is 6.23. The van der Waals surface area contributed by atoms with Crippen molar-refractivity contribution in [1.82, 2.24) is 19.7 Å². The number of aryl methyl sites for hydroxylation is 1. The van der Waals surface area contributed by atoms with Crippen LogP contribution in [0.1, 0.15) is 17.0 Å². The second-order valence-electron chi connectivity index (χ2n) is 7.95. The molecule has 32 heavy (non-hydrogen) atoms. The van der Waals surface area contributed by atoms with Gasteiger partial charge >= 0.3 is 0 Å². The van der Waals surface area contributed by atoms with Crippen LogP contribution in [-0.4, -0.2) is 45.6 Å². The highest BCUT2D eigenvalue weighted by Crippen LogP contribution is 2.30. The zero-order chi connectivity index (χ0) is 22.1. The van der Waals surface area contributed by atoms with E-state index < -0.39 is 0 Å². The van der Waals surface area contributed by atoms with Gasteiger partial charge in [0.2, 0.25) is 0 Å². The summed E-state index contributed by atoms with van der Waals surface area (Å²) in [4.78, 5) is 11.0. The summed E-state index contributed by atoms with van der Waals surface area (Å²) in [6.45, 7) is 5.90. The summed E-state index contributed by atoms with van der Waals surface area (Å²) in [6, 6.07) is 20.1. The molecule has 0 atom stereocenters. The number of aliphatic imine (C=N–C) groups is 1. The monoisotopic (exact) mass is 423 g/mol. The van der Waals surface area contributed by atoms with Gasteiger partial charge in [0.05, 0.1) is 17.9 Å². The molecule has 0 bridgehead atoms. The highest BCUT2D eigenvalue weighted by molar-refractivity contribution is 5.99. The van der Waals surface area contributed by atoms with Crippen LogP contribution in [0.3, 0.4) is 0 Å². The van der Waals surface area contributed by atoms with Crippen LogP contribution in [0.4, 0.5) is 0 Å². The number of pyridine rings is 1. The van der Waals surface area contributed by atoms with Crippen molar-refractivity contribution in [2.24, 2.45) is 4.99 Å². The van der Waals surface area contributed by atoms with Gasteiger partial charge in [-0.15, -0.1) is 0 Å². The first kappa shape index (κ1) is 20.0. The molecule has 3 heterocycles. The van der Waals surface area contributed by atoms with Crippen LogP contribution < -0.4 is 4.74 Å². The molecule has 1 aliphatic rings. The van der Waals surface area contributed by atoms with E-state index in [0.717, 1.165) is 64.2 Å². The molecule has 0 spiro atoms. The normalized spacial score (nSPS) is 13.3.